The van der Waals surface area contributed by atoms with Gasteiger partial charge in [0.15, 0.2) is 18.0 Å². The number of carbonyl (C=O) groups excluding carboxylic acids is 6. The first-order valence-corrected chi connectivity index (χ1v) is 28.1. The number of allylic oxidation sites excluding steroid dienone is 6. The molecule has 75 heavy (non-hydrogen) atoms. The fraction of sp³-hybridized carbons (Fsp3) is 0.763. The molecule has 5 rings (SSSR count). The van der Waals surface area contributed by atoms with Crippen molar-refractivity contribution in [2.45, 2.75) is 206 Å². The predicted molar refractivity (Wildman–Crippen MR) is 284 cm³/mol. The molecule has 2 N–H and O–H groups in total. The Labute approximate surface area is 447 Å². The van der Waals surface area contributed by atoms with E-state index in [2.05, 4.69) is 4.90 Å². The second-order valence-electron chi connectivity index (χ2n) is 22.7. The first kappa shape index (κ1) is 61.9. The highest BCUT2D eigenvalue weighted by Crippen LogP contribution is 2.38. The molecule has 0 spiro atoms. The summed E-state index contributed by atoms with van der Waals surface area (Å²) in [6, 6.07) is -1.16. The smallest absolute Gasteiger partial charge is 0.329 e. The molecular formula is C59H92N2O14. The number of carbonyl (C=O) groups is 6. The molecule has 2 bridgehead atoms. The van der Waals surface area contributed by atoms with Gasteiger partial charge in [-0.05, 0) is 146 Å². The molecule has 0 aromatic carbocycles. The monoisotopic (exact) mass is 1050 g/mol. The molecule has 1 amide bonds. The number of aliphatic hydroxyl groups excluding tert-OH is 1. The van der Waals surface area contributed by atoms with Crippen molar-refractivity contribution in [2.24, 2.45) is 35.5 Å². The fourth-order valence-corrected chi connectivity index (χ4v) is 11.9. The number of Topliss-reactive ketones (excluding diaryl/α,β-unsaturated/α-hetero) is 3. The Balaban J connectivity index is 1.50. The summed E-state index contributed by atoms with van der Waals surface area (Å²) in [6.45, 7) is 15.7. The molecule has 3 saturated heterocycles. The number of nitrogens with zero attached hydrogens (tertiary/aromatic N) is 2. The lowest BCUT2D eigenvalue weighted by molar-refractivity contribution is -0.265. The molecular weight excluding hydrogens is 961 g/mol. The summed E-state index contributed by atoms with van der Waals surface area (Å²) >= 11 is 0. The van der Waals surface area contributed by atoms with Crippen molar-refractivity contribution >= 4 is 35.2 Å². The van der Waals surface area contributed by atoms with Gasteiger partial charge in [-0.1, -0.05) is 71.1 Å². The summed E-state index contributed by atoms with van der Waals surface area (Å²) in [5.41, 5.74) is 1.34. The lowest BCUT2D eigenvalue weighted by Crippen LogP contribution is -2.61. The van der Waals surface area contributed by atoms with Gasteiger partial charge in [0, 0.05) is 64.9 Å². The number of likely N-dealkylation sites (tertiary alicyclic amines) is 1. The second-order valence-corrected chi connectivity index (χ2v) is 22.7. The summed E-state index contributed by atoms with van der Waals surface area (Å²) in [5, 5.41) is 22.6. The molecule has 1 saturated carbocycles. The molecule has 0 aromatic rings. The van der Waals surface area contributed by atoms with Gasteiger partial charge in [0.25, 0.3) is 11.7 Å². The highest BCUT2D eigenvalue weighted by molar-refractivity contribution is 6.39. The van der Waals surface area contributed by atoms with Crippen LogP contribution in [0.1, 0.15) is 151 Å². The normalized spacial score (nSPS) is 37.8. The first-order valence-electron chi connectivity index (χ1n) is 28.1. The lowest BCUT2D eigenvalue weighted by Gasteiger charge is -2.42. The van der Waals surface area contributed by atoms with Gasteiger partial charge in [-0.15, -0.1) is 0 Å². The van der Waals surface area contributed by atoms with Crippen LogP contribution in [0.15, 0.2) is 47.6 Å². The fourth-order valence-electron chi connectivity index (χ4n) is 11.9. The largest absolute Gasteiger partial charge is 0.460 e. The zero-order valence-corrected chi connectivity index (χ0v) is 46.9. The summed E-state index contributed by atoms with van der Waals surface area (Å²) in [7, 11) is 4.57. The van der Waals surface area contributed by atoms with Crippen LogP contribution in [0.4, 0.5) is 0 Å². The standard InChI is InChI=1S/C59H92N2O14/c1-37-19-12-11-13-20-38(2)49(70-8)35-45-25-23-43(7)59(69,75-45)56(66)57(67)61-30-15-14-21-46(61)58(68)73-50(40(4)33-44-24-26-47(62)51(34-44)71-9)36-48(63)39(3)32-42(6)54(55(72-10)53(65)41(5)31-37)74-52(64)22-18-29-60-27-16-17-28-60/h11-13,19-20,32,37,39-41,43-47,49-51,54-55,62,69H,14-18,21-31,33-36H2,1-10H3/b13-11+,19-12-,38-20+,42-32-/t37?,39?,40?,41?,43?,44?,45?,46?,47?,49?,50?,51?,54?,55?,59-/m0/s1. The minimum atomic E-state index is -2.44. The van der Waals surface area contributed by atoms with Gasteiger partial charge in [0.05, 0.1) is 24.4 Å². The van der Waals surface area contributed by atoms with Crippen LogP contribution in [0, 0.1) is 35.5 Å². The molecule has 16 heteroatoms. The van der Waals surface area contributed by atoms with Gasteiger partial charge in [-0.25, -0.2) is 4.79 Å². The predicted octanol–water partition coefficient (Wildman–Crippen LogP) is 7.61. The topological polar surface area (TPSA) is 205 Å². The van der Waals surface area contributed by atoms with Crippen molar-refractivity contribution in [3.05, 3.63) is 47.6 Å². The molecule has 0 radical (unpaired) electrons. The van der Waals surface area contributed by atoms with Gasteiger partial charge < -0.3 is 48.4 Å². The van der Waals surface area contributed by atoms with Crippen molar-refractivity contribution in [3.8, 4) is 0 Å². The number of rotatable bonds is 11. The molecule has 0 aromatic heterocycles. The third-order valence-electron chi connectivity index (χ3n) is 16.8. The summed E-state index contributed by atoms with van der Waals surface area (Å²) in [5.74, 6) is -8.64. The van der Waals surface area contributed by atoms with E-state index >= 15 is 0 Å². The van der Waals surface area contributed by atoms with Crippen LogP contribution in [0.3, 0.4) is 0 Å². The molecule has 14 unspecified atom stereocenters. The summed E-state index contributed by atoms with van der Waals surface area (Å²) in [4.78, 5) is 89.5. The number of fused-ring (bicyclic) bond motifs is 3. The van der Waals surface area contributed by atoms with Crippen LogP contribution in [-0.2, 0) is 57.2 Å². The van der Waals surface area contributed by atoms with Gasteiger partial charge in [-0.2, -0.15) is 0 Å². The van der Waals surface area contributed by atoms with Crippen LogP contribution in [-0.4, -0.2) is 157 Å². The van der Waals surface area contributed by atoms with E-state index in [9.17, 15) is 39.0 Å². The SMILES string of the molecule is COC1CC2CCC(C)[C@](O)(O2)C(=O)C(=O)N2CCCCC2C(=O)OC(C(C)CC2CCC(O)C(OC)C2)CC(=O)C(C)/C=C(/C)C(OC(=O)CCCN2CCCC2)C(OC)C(=O)C(C)CC(C)\C=C/C=C/C=C/1C. The maximum atomic E-state index is 14.6. The lowest BCUT2D eigenvalue weighted by atomic mass is 9.78. The third-order valence-corrected chi connectivity index (χ3v) is 16.8. The van der Waals surface area contributed by atoms with Crippen LogP contribution in [0.25, 0.3) is 0 Å². The minimum absolute atomic E-state index is 0.0182. The van der Waals surface area contributed by atoms with Crippen molar-refractivity contribution in [3.63, 3.8) is 0 Å². The van der Waals surface area contributed by atoms with E-state index in [0.29, 0.717) is 76.2 Å². The Hall–Kier alpha value is -3.90. The highest BCUT2D eigenvalue weighted by Gasteiger charge is 2.53. The molecule has 422 valence electrons. The Morgan fingerprint density at radius 2 is 1.55 bits per heavy atom. The number of hydrogen-bond donors (Lipinski definition) is 2. The van der Waals surface area contributed by atoms with E-state index in [4.69, 9.17) is 28.4 Å². The van der Waals surface area contributed by atoms with Gasteiger partial charge >= 0.3 is 11.9 Å². The first-order chi connectivity index (χ1) is 35.7. The van der Waals surface area contributed by atoms with Crippen LogP contribution < -0.4 is 0 Å². The molecule has 4 aliphatic heterocycles. The van der Waals surface area contributed by atoms with Gasteiger partial charge in [0.1, 0.15) is 17.9 Å². The number of ketones is 3. The number of cyclic esters (lactones) is 1. The van der Waals surface area contributed by atoms with E-state index in [-0.39, 0.29) is 61.2 Å². The van der Waals surface area contributed by atoms with Crippen LogP contribution in [0.2, 0.25) is 0 Å². The van der Waals surface area contributed by atoms with Crippen LogP contribution in [0.5, 0.6) is 0 Å². The maximum Gasteiger partial charge on any atom is 0.329 e. The number of methoxy groups -OCH3 is 3. The van der Waals surface area contributed by atoms with E-state index in [1.54, 1.807) is 41.1 Å². The molecule has 4 heterocycles. The molecule has 5 aliphatic rings. The maximum absolute atomic E-state index is 14.6. The van der Waals surface area contributed by atoms with Gasteiger partial charge in [0.2, 0.25) is 5.79 Å². The van der Waals surface area contributed by atoms with Crippen molar-refractivity contribution in [2.75, 3.05) is 47.5 Å². The van der Waals surface area contributed by atoms with Crippen molar-refractivity contribution < 1.29 is 67.4 Å². The zero-order chi connectivity index (χ0) is 55.0. The highest BCUT2D eigenvalue weighted by atomic mass is 16.6. The van der Waals surface area contributed by atoms with Crippen molar-refractivity contribution in [1.29, 1.82) is 0 Å². The third kappa shape index (κ3) is 17.3. The average Bonchev–Trinajstić information content (AvgIpc) is 3.91. The average molecular weight is 1050 g/mol. The van der Waals surface area contributed by atoms with E-state index in [1.165, 1.54) is 12.0 Å². The zero-order valence-electron chi connectivity index (χ0n) is 46.9. The number of hydrogen-bond acceptors (Lipinski definition) is 15. The number of amides is 1. The van der Waals surface area contributed by atoms with Crippen molar-refractivity contribution in [1.82, 2.24) is 9.80 Å². The van der Waals surface area contributed by atoms with E-state index < -0.39 is 89.8 Å². The second kappa shape index (κ2) is 29.7. The number of piperidine rings is 1. The number of aliphatic hydroxyl groups is 2. The molecule has 15 atom stereocenters. The molecule has 1 aliphatic carbocycles. The van der Waals surface area contributed by atoms with E-state index in [1.807, 2.05) is 58.1 Å². The number of ether oxygens (including phenoxy) is 6. The minimum Gasteiger partial charge on any atom is -0.460 e. The molecule has 4 fully saturated rings. The van der Waals surface area contributed by atoms with E-state index in [0.717, 1.165) is 38.0 Å². The Bertz CT molecular complexity index is 2050. The van der Waals surface area contributed by atoms with Crippen LogP contribution >= 0.6 is 0 Å². The van der Waals surface area contributed by atoms with Gasteiger partial charge in [-0.3, -0.25) is 24.0 Å². The Morgan fingerprint density at radius 1 is 0.827 bits per heavy atom. The quantitative estimate of drug-likeness (QED) is 0.116. The summed E-state index contributed by atoms with van der Waals surface area (Å²) < 4.78 is 36.1. The number of esters is 2. The summed E-state index contributed by atoms with van der Waals surface area (Å²) in [6.07, 6.45) is 14.2. The Morgan fingerprint density at radius 3 is 2.24 bits per heavy atom. The Kier molecular flexibility index (Phi) is 24.6. The molecule has 16 nitrogen and oxygen atoms in total.